The molecule has 0 bridgehead atoms. The van der Waals surface area contributed by atoms with Crippen molar-refractivity contribution in [1.29, 1.82) is 0 Å². The summed E-state index contributed by atoms with van der Waals surface area (Å²) in [6.45, 7) is 7.27. The van der Waals surface area contributed by atoms with E-state index < -0.39 is 0 Å². The highest BCUT2D eigenvalue weighted by atomic mass is 35.5. The minimum atomic E-state index is 0. The normalized spacial score (nSPS) is 32.2. The van der Waals surface area contributed by atoms with E-state index in [4.69, 9.17) is 0 Å². The quantitative estimate of drug-likeness (QED) is 0.930. The van der Waals surface area contributed by atoms with Gasteiger partial charge in [-0.3, -0.25) is 4.90 Å². The van der Waals surface area contributed by atoms with E-state index >= 15 is 0 Å². The van der Waals surface area contributed by atoms with Gasteiger partial charge in [0.15, 0.2) is 0 Å². The summed E-state index contributed by atoms with van der Waals surface area (Å²) in [7, 11) is 0. The lowest BCUT2D eigenvalue weighted by atomic mass is 9.87. The van der Waals surface area contributed by atoms with Crippen molar-refractivity contribution in [3.05, 3.63) is 16.6 Å². The number of aromatic nitrogens is 1. The first-order valence-corrected chi connectivity index (χ1v) is 7.99. The van der Waals surface area contributed by atoms with Crippen LogP contribution in [0.5, 0.6) is 0 Å². The lowest BCUT2D eigenvalue weighted by Crippen LogP contribution is -2.42. The Morgan fingerprint density at radius 1 is 1.53 bits per heavy atom. The van der Waals surface area contributed by atoms with Crippen LogP contribution in [-0.4, -0.2) is 36.1 Å². The summed E-state index contributed by atoms with van der Waals surface area (Å²) in [5.41, 5.74) is 0.465. The van der Waals surface area contributed by atoms with Gasteiger partial charge in [0.2, 0.25) is 0 Å². The molecule has 3 heterocycles. The molecule has 1 aromatic heterocycles. The smallest absolute Gasteiger partial charge is 0.110 e. The van der Waals surface area contributed by atoms with Gasteiger partial charge in [0.1, 0.15) is 5.01 Å². The SMILES string of the molecule is CC1(CN2CCCCC2c2nccs2)CCNC1.Cl. The van der Waals surface area contributed by atoms with Crippen LogP contribution < -0.4 is 5.32 Å². The molecule has 2 aliphatic rings. The van der Waals surface area contributed by atoms with Gasteiger partial charge in [0.25, 0.3) is 0 Å². The van der Waals surface area contributed by atoms with Gasteiger partial charge in [-0.05, 0) is 37.8 Å². The van der Waals surface area contributed by atoms with Gasteiger partial charge in [-0.25, -0.2) is 4.98 Å². The standard InChI is InChI=1S/C14H23N3S.ClH/c1-14(5-6-15-10-14)11-17-8-3-2-4-12(17)13-16-7-9-18-13;/h7,9,12,15H,2-6,8,10-11H2,1H3;1H. The van der Waals surface area contributed by atoms with E-state index in [1.807, 2.05) is 17.5 Å². The van der Waals surface area contributed by atoms with Crippen LogP contribution in [0.15, 0.2) is 11.6 Å². The summed E-state index contributed by atoms with van der Waals surface area (Å²) < 4.78 is 0. The van der Waals surface area contributed by atoms with E-state index in [1.54, 1.807) is 0 Å². The second-order valence-corrected chi connectivity index (χ2v) is 7.02. The summed E-state index contributed by atoms with van der Waals surface area (Å²) in [4.78, 5) is 7.24. The fourth-order valence-electron chi connectivity index (χ4n) is 3.35. The van der Waals surface area contributed by atoms with Crippen molar-refractivity contribution in [2.75, 3.05) is 26.2 Å². The third-order valence-corrected chi connectivity index (χ3v) is 5.27. The van der Waals surface area contributed by atoms with Crippen LogP contribution in [0.3, 0.4) is 0 Å². The molecule has 0 aromatic carbocycles. The van der Waals surface area contributed by atoms with Crippen molar-refractivity contribution in [3.63, 3.8) is 0 Å². The third kappa shape index (κ3) is 3.48. The molecule has 0 spiro atoms. The average Bonchev–Trinajstić information content (AvgIpc) is 3.01. The molecule has 2 saturated heterocycles. The number of likely N-dealkylation sites (tertiary alicyclic amines) is 1. The van der Waals surface area contributed by atoms with Gasteiger partial charge in [-0.1, -0.05) is 13.3 Å². The van der Waals surface area contributed by atoms with Crippen LogP contribution in [-0.2, 0) is 0 Å². The van der Waals surface area contributed by atoms with Crippen LogP contribution in [0, 0.1) is 5.41 Å². The lowest BCUT2D eigenvalue weighted by Gasteiger charge is -2.39. The first-order chi connectivity index (χ1) is 8.77. The molecule has 19 heavy (non-hydrogen) atoms. The second-order valence-electron chi connectivity index (χ2n) is 6.09. The first-order valence-electron chi connectivity index (χ1n) is 7.11. The third-order valence-electron chi connectivity index (χ3n) is 4.39. The van der Waals surface area contributed by atoms with Crippen molar-refractivity contribution >= 4 is 23.7 Å². The summed E-state index contributed by atoms with van der Waals surface area (Å²) >= 11 is 1.82. The molecule has 0 radical (unpaired) electrons. The van der Waals surface area contributed by atoms with Crippen molar-refractivity contribution < 1.29 is 0 Å². The maximum absolute atomic E-state index is 4.55. The zero-order chi connectivity index (χ0) is 12.4. The van der Waals surface area contributed by atoms with Crippen molar-refractivity contribution in [2.45, 2.75) is 38.6 Å². The van der Waals surface area contributed by atoms with Crippen LogP contribution in [0.4, 0.5) is 0 Å². The molecular weight excluding hydrogens is 278 g/mol. The highest BCUT2D eigenvalue weighted by Gasteiger charge is 2.35. The number of hydrogen-bond donors (Lipinski definition) is 1. The Labute approximate surface area is 126 Å². The largest absolute Gasteiger partial charge is 0.316 e. The van der Waals surface area contributed by atoms with Gasteiger partial charge in [-0.15, -0.1) is 23.7 Å². The predicted molar refractivity (Wildman–Crippen MR) is 83.1 cm³/mol. The Morgan fingerprint density at radius 2 is 2.42 bits per heavy atom. The molecule has 2 aliphatic heterocycles. The Morgan fingerprint density at radius 3 is 3.11 bits per heavy atom. The average molecular weight is 302 g/mol. The van der Waals surface area contributed by atoms with Gasteiger partial charge >= 0.3 is 0 Å². The molecule has 3 nitrogen and oxygen atoms in total. The van der Waals surface area contributed by atoms with Crippen molar-refractivity contribution in [3.8, 4) is 0 Å². The maximum Gasteiger partial charge on any atom is 0.110 e. The van der Waals surface area contributed by atoms with Crippen molar-refractivity contribution in [2.24, 2.45) is 5.41 Å². The topological polar surface area (TPSA) is 28.2 Å². The summed E-state index contributed by atoms with van der Waals surface area (Å²) in [5, 5.41) is 6.95. The van der Waals surface area contributed by atoms with Crippen LogP contribution >= 0.6 is 23.7 Å². The number of halogens is 1. The van der Waals surface area contributed by atoms with Gasteiger partial charge < -0.3 is 5.32 Å². The molecule has 108 valence electrons. The van der Waals surface area contributed by atoms with Gasteiger partial charge in [-0.2, -0.15) is 0 Å². The van der Waals surface area contributed by atoms with Gasteiger partial charge in [0.05, 0.1) is 6.04 Å². The number of piperidine rings is 1. The fourth-order valence-corrected chi connectivity index (χ4v) is 4.16. The Bertz CT molecular complexity index is 376. The minimum absolute atomic E-state index is 0. The van der Waals surface area contributed by atoms with E-state index in [0.29, 0.717) is 11.5 Å². The molecule has 0 amide bonds. The molecule has 0 saturated carbocycles. The van der Waals surface area contributed by atoms with E-state index in [1.165, 1.54) is 56.9 Å². The first kappa shape index (κ1) is 15.2. The second kappa shape index (κ2) is 6.53. The number of hydrogen-bond acceptors (Lipinski definition) is 4. The number of nitrogens with one attached hydrogen (secondary N) is 1. The van der Waals surface area contributed by atoms with E-state index in [-0.39, 0.29) is 12.4 Å². The molecule has 2 unspecified atom stereocenters. The monoisotopic (exact) mass is 301 g/mol. The molecule has 3 rings (SSSR count). The summed E-state index contributed by atoms with van der Waals surface area (Å²) in [6, 6.07) is 0.580. The predicted octanol–water partition coefficient (Wildman–Crippen LogP) is 3.09. The van der Waals surface area contributed by atoms with E-state index in [0.717, 1.165) is 0 Å². The highest BCUT2D eigenvalue weighted by Crippen LogP contribution is 2.36. The minimum Gasteiger partial charge on any atom is -0.316 e. The summed E-state index contributed by atoms with van der Waals surface area (Å²) in [6.07, 6.45) is 7.26. The molecule has 2 fully saturated rings. The van der Waals surface area contributed by atoms with Crippen LogP contribution in [0.1, 0.15) is 43.7 Å². The molecule has 2 atom stereocenters. The highest BCUT2D eigenvalue weighted by molar-refractivity contribution is 7.09. The fraction of sp³-hybridized carbons (Fsp3) is 0.786. The van der Waals surface area contributed by atoms with E-state index in [9.17, 15) is 0 Å². The number of rotatable bonds is 3. The Balaban J connectivity index is 0.00000133. The zero-order valence-corrected chi connectivity index (χ0v) is 13.2. The van der Waals surface area contributed by atoms with Crippen LogP contribution in [0.25, 0.3) is 0 Å². The number of nitrogens with zero attached hydrogens (tertiary/aromatic N) is 2. The molecule has 0 aliphatic carbocycles. The number of thiazole rings is 1. The maximum atomic E-state index is 4.55. The van der Waals surface area contributed by atoms with Crippen LogP contribution in [0.2, 0.25) is 0 Å². The zero-order valence-electron chi connectivity index (χ0n) is 11.6. The molecule has 1 aromatic rings. The Hall–Kier alpha value is -0.160. The molecular formula is C14H24ClN3S. The molecule has 5 heteroatoms. The lowest BCUT2D eigenvalue weighted by molar-refractivity contribution is 0.0958. The van der Waals surface area contributed by atoms with Gasteiger partial charge in [0, 0.05) is 24.7 Å². The van der Waals surface area contributed by atoms with E-state index in [2.05, 4.69) is 27.5 Å². The van der Waals surface area contributed by atoms with Crippen molar-refractivity contribution in [1.82, 2.24) is 15.2 Å². The Kier molecular flexibility index (Phi) is 5.23. The summed E-state index contributed by atoms with van der Waals surface area (Å²) in [5.74, 6) is 0. The molecule has 1 N–H and O–H groups in total.